The molecule has 0 N–H and O–H groups in total. The molecule has 0 atom stereocenters. The zero-order valence-electron chi connectivity index (χ0n) is 12.7. The smallest absolute Gasteiger partial charge is 0.273 e. The van der Waals surface area contributed by atoms with Crippen molar-refractivity contribution in [2.45, 2.75) is 26.2 Å². The number of hydrogen-bond donors (Lipinski definition) is 0. The molecular weight excluding hydrogens is 284 g/mol. The first kappa shape index (κ1) is 14.5. The second kappa shape index (κ2) is 5.40. The van der Waals surface area contributed by atoms with Gasteiger partial charge >= 0.3 is 0 Å². The molecule has 2 aromatic rings. The van der Waals surface area contributed by atoms with Crippen LogP contribution in [0, 0.1) is 17.0 Å². The molecule has 1 aromatic carbocycles. The van der Waals surface area contributed by atoms with E-state index in [4.69, 9.17) is 0 Å². The molecule has 0 radical (unpaired) electrons. The van der Waals surface area contributed by atoms with Crippen molar-refractivity contribution in [3.05, 3.63) is 38.4 Å². The normalized spacial score (nSPS) is 15.3. The lowest BCUT2D eigenvalue weighted by Gasteiger charge is -2.29. The highest BCUT2D eigenvalue weighted by molar-refractivity contribution is 5.93. The van der Waals surface area contributed by atoms with E-state index in [1.807, 2.05) is 0 Å². The molecule has 1 aliphatic heterocycles. The number of nitro groups is 1. The Kier molecular flexibility index (Phi) is 3.56. The summed E-state index contributed by atoms with van der Waals surface area (Å²) in [5, 5.41) is 11.7. The van der Waals surface area contributed by atoms with Gasteiger partial charge in [0, 0.05) is 32.3 Å². The van der Waals surface area contributed by atoms with Crippen molar-refractivity contribution in [2.24, 2.45) is 7.05 Å². The van der Waals surface area contributed by atoms with Crippen molar-refractivity contribution in [2.75, 3.05) is 18.0 Å². The Morgan fingerprint density at radius 3 is 2.55 bits per heavy atom. The lowest BCUT2D eigenvalue weighted by atomic mass is 10.1. The zero-order valence-corrected chi connectivity index (χ0v) is 12.7. The molecule has 22 heavy (non-hydrogen) atoms. The fourth-order valence-corrected chi connectivity index (χ4v) is 2.96. The van der Waals surface area contributed by atoms with Gasteiger partial charge in [-0.2, -0.15) is 0 Å². The van der Waals surface area contributed by atoms with Crippen LogP contribution in [0.5, 0.6) is 0 Å². The highest BCUT2D eigenvalue weighted by Gasteiger charge is 2.21. The highest BCUT2D eigenvalue weighted by Crippen LogP contribution is 2.31. The average molecular weight is 302 g/mol. The van der Waals surface area contributed by atoms with Gasteiger partial charge < -0.3 is 4.90 Å². The summed E-state index contributed by atoms with van der Waals surface area (Å²) in [7, 11) is 1.67. The van der Waals surface area contributed by atoms with Crippen LogP contribution in [0.15, 0.2) is 16.9 Å². The van der Waals surface area contributed by atoms with Crippen molar-refractivity contribution in [3.8, 4) is 0 Å². The van der Waals surface area contributed by atoms with Gasteiger partial charge in [-0.3, -0.25) is 19.5 Å². The van der Waals surface area contributed by atoms with E-state index in [1.54, 1.807) is 14.0 Å². The third-order valence-electron chi connectivity index (χ3n) is 4.28. The first-order valence-corrected chi connectivity index (χ1v) is 7.40. The van der Waals surface area contributed by atoms with Gasteiger partial charge in [-0.1, -0.05) is 0 Å². The van der Waals surface area contributed by atoms with Gasteiger partial charge in [0.1, 0.15) is 5.82 Å². The van der Waals surface area contributed by atoms with Crippen LogP contribution in [0.3, 0.4) is 0 Å². The van der Waals surface area contributed by atoms with Crippen molar-refractivity contribution in [3.63, 3.8) is 0 Å². The third kappa shape index (κ3) is 2.32. The molecular formula is C15H18N4O3. The van der Waals surface area contributed by atoms with Crippen LogP contribution in [0.2, 0.25) is 0 Å². The zero-order chi connectivity index (χ0) is 15.9. The van der Waals surface area contributed by atoms with Crippen molar-refractivity contribution in [1.82, 2.24) is 9.55 Å². The Balaban J connectivity index is 2.33. The minimum absolute atomic E-state index is 0.0202. The fraction of sp³-hybridized carbons (Fsp3) is 0.467. The standard InChI is InChI=1S/C15H18N4O3/c1-10-16-12-8-11(19(21)22)9-13(14(12)15(20)17(10)2)18-6-4-3-5-7-18/h8-9H,3-7H2,1-2H3. The predicted octanol–water partition coefficient (Wildman–Crippen LogP) is 2.14. The minimum Gasteiger partial charge on any atom is -0.371 e. The van der Waals surface area contributed by atoms with Gasteiger partial charge in [-0.25, -0.2) is 4.98 Å². The molecule has 0 amide bonds. The number of nitrogens with zero attached hydrogens (tertiary/aromatic N) is 4. The number of non-ortho nitro benzene ring substituents is 1. The number of anilines is 1. The fourth-order valence-electron chi connectivity index (χ4n) is 2.96. The Morgan fingerprint density at radius 1 is 1.23 bits per heavy atom. The summed E-state index contributed by atoms with van der Waals surface area (Å²) in [5.41, 5.74) is 0.860. The van der Waals surface area contributed by atoms with E-state index >= 15 is 0 Å². The molecule has 2 heterocycles. The minimum atomic E-state index is -0.429. The number of benzene rings is 1. The Morgan fingerprint density at radius 2 is 1.91 bits per heavy atom. The van der Waals surface area contributed by atoms with Crippen LogP contribution in [-0.2, 0) is 7.05 Å². The van der Waals surface area contributed by atoms with Crippen molar-refractivity contribution in [1.29, 1.82) is 0 Å². The van der Waals surface area contributed by atoms with E-state index in [-0.39, 0.29) is 11.2 Å². The van der Waals surface area contributed by atoms with Crippen LogP contribution in [0.4, 0.5) is 11.4 Å². The first-order chi connectivity index (χ1) is 10.5. The number of aryl methyl sites for hydroxylation is 1. The van der Waals surface area contributed by atoms with Gasteiger partial charge in [0.15, 0.2) is 0 Å². The molecule has 0 unspecified atom stereocenters. The molecule has 0 aliphatic carbocycles. The topological polar surface area (TPSA) is 81.3 Å². The molecule has 0 spiro atoms. The number of piperidine rings is 1. The predicted molar refractivity (Wildman–Crippen MR) is 84.4 cm³/mol. The van der Waals surface area contributed by atoms with E-state index in [0.717, 1.165) is 32.4 Å². The number of nitro benzene ring substituents is 1. The van der Waals surface area contributed by atoms with E-state index in [1.165, 1.54) is 16.7 Å². The Labute approximate surface area is 127 Å². The second-order valence-electron chi connectivity index (χ2n) is 5.69. The number of rotatable bonds is 2. The van der Waals surface area contributed by atoms with E-state index in [0.29, 0.717) is 22.4 Å². The highest BCUT2D eigenvalue weighted by atomic mass is 16.6. The van der Waals surface area contributed by atoms with Gasteiger partial charge in [0.2, 0.25) is 0 Å². The molecule has 1 aromatic heterocycles. The maximum absolute atomic E-state index is 12.6. The molecule has 116 valence electrons. The average Bonchev–Trinajstić information content (AvgIpc) is 2.52. The maximum atomic E-state index is 12.6. The van der Waals surface area contributed by atoms with Crippen LogP contribution >= 0.6 is 0 Å². The van der Waals surface area contributed by atoms with Gasteiger partial charge in [-0.05, 0) is 26.2 Å². The van der Waals surface area contributed by atoms with Crippen LogP contribution < -0.4 is 10.5 Å². The molecule has 1 saturated heterocycles. The summed E-state index contributed by atoms with van der Waals surface area (Å²) in [6.07, 6.45) is 3.21. The Hall–Kier alpha value is -2.44. The molecule has 1 fully saturated rings. The summed E-state index contributed by atoms with van der Waals surface area (Å²) in [6, 6.07) is 2.89. The van der Waals surface area contributed by atoms with Crippen LogP contribution in [0.1, 0.15) is 25.1 Å². The lowest BCUT2D eigenvalue weighted by Crippen LogP contribution is -2.31. The summed E-state index contributed by atoms with van der Waals surface area (Å²) in [5.74, 6) is 0.544. The third-order valence-corrected chi connectivity index (χ3v) is 4.28. The second-order valence-corrected chi connectivity index (χ2v) is 5.69. The molecule has 1 aliphatic rings. The quantitative estimate of drug-likeness (QED) is 0.627. The monoisotopic (exact) mass is 302 g/mol. The first-order valence-electron chi connectivity index (χ1n) is 7.40. The van der Waals surface area contributed by atoms with E-state index < -0.39 is 4.92 Å². The number of fused-ring (bicyclic) bond motifs is 1. The van der Waals surface area contributed by atoms with Crippen molar-refractivity contribution >= 4 is 22.3 Å². The summed E-state index contributed by atoms with van der Waals surface area (Å²) in [4.78, 5) is 29.8. The number of aromatic nitrogens is 2. The molecule has 0 bridgehead atoms. The lowest BCUT2D eigenvalue weighted by molar-refractivity contribution is -0.384. The molecule has 3 rings (SSSR count). The Bertz CT molecular complexity index is 807. The van der Waals surface area contributed by atoms with E-state index in [9.17, 15) is 14.9 Å². The SMILES string of the molecule is Cc1nc2cc([N+](=O)[O-])cc(N3CCCCC3)c2c(=O)n1C. The van der Waals surface area contributed by atoms with Gasteiger partial charge in [0.05, 0.1) is 21.5 Å². The molecule has 0 saturated carbocycles. The molecule has 7 heteroatoms. The summed E-state index contributed by atoms with van der Waals surface area (Å²) >= 11 is 0. The largest absolute Gasteiger partial charge is 0.371 e. The van der Waals surface area contributed by atoms with Gasteiger partial charge in [0.25, 0.3) is 11.2 Å². The van der Waals surface area contributed by atoms with Crippen LogP contribution in [0.25, 0.3) is 10.9 Å². The van der Waals surface area contributed by atoms with Crippen molar-refractivity contribution < 1.29 is 4.92 Å². The number of hydrogen-bond acceptors (Lipinski definition) is 5. The maximum Gasteiger partial charge on any atom is 0.273 e. The van der Waals surface area contributed by atoms with Gasteiger partial charge in [-0.15, -0.1) is 0 Å². The molecule has 7 nitrogen and oxygen atoms in total. The van der Waals surface area contributed by atoms with Crippen LogP contribution in [-0.4, -0.2) is 27.6 Å². The summed E-state index contributed by atoms with van der Waals surface area (Å²) in [6.45, 7) is 3.35. The van der Waals surface area contributed by atoms with E-state index in [2.05, 4.69) is 9.88 Å². The summed E-state index contributed by atoms with van der Waals surface area (Å²) < 4.78 is 1.49.